The van der Waals surface area contributed by atoms with Crippen molar-refractivity contribution in [3.8, 4) is 17.2 Å². The first-order valence-electron chi connectivity index (χ1n) is 12.9. The molecule has 7 atom stereocenters. The zero-order valence-electron chi connectivity index (χ0n) is 22.5. The summed E-state index contributed by atoms with van der Waals surface area (Å²) in [6, 6.07) is 3.56. The van der Waals surface area contributed by atoms with Gasteiger partial charge >= 0.3 is 0 Å². The van der Waals surface area contributed by atoms with E-state index in [2.05, 4.69) is 0 Å². The second kappa shape index (κ2) is 10.4. The van der Waals surface area contributed by atoms with Crippen LogP contribution in [0.25, 0.3) is 0 Å². The first-order valence-corrected chi connectivity index (χ1v) is 12.9. The zero-order valence-corrected chi connectivity index (χ0v) is 22.5. The normalized spacial score (nSPS) is 30.8. The molecule has 1 aliphatic heterocycles. The molecule has 0 spiro atoms. The molecule has 1 saturated heterocycles. The molecular weight excluding hydrogens is 542 g/mol. The predicted octanol–water partition coefficient (Wildman–Crippen LogP) is 0.146. The summed E-state index contributed by atoms with van der Waals surface area (Å²) in [5, 5.41) is 54.6. The average molecular weight is 574 g/mol. The lowest BCUT2D eigenvalue weighted by Gasteiger charge is -2.45. The number of aliphatic hydroxyl groups is 3. The molecule has 13 heteroatoms. The third-order valence-corrected chi connectivity index (χ3v) is 8.14. The number of phenols is 2. The first-order chi connectivity index (χ1) is 19.4. The highest BCUT2D eigenvalue weighted by Gasteiger charge is 2.56. The van der Waals surface area contributed by atoms with Crippen LogP contribution < -0.4 is 10.5 Å². The van der Waals surface area contributed by atoms with Crippen molar-refractivity contribution in [1.82, 2.24) is 0 Å². The van der Waals surface area contributed by atoms with Crippen LogP contribution in [0.5, 0.6) is 17.2 Å². The summed E-state index contributed by atoms with van der Waals surface area (Å²) in [7, 11) is 2.44. The lowest BCUT2D eigenvalue weighted by Crippen LogP contribution is -2.54. The van der Waals surface area contributed by atoms with Crippen molar-refractivity contribution in [3.05, 3.63) is 51.6 Å². The maximum Gasteiger partial charge on any atom is 0.202 e. The van der Waals surface area contributed by atoms with Gasteiger partial charge in [0.15, 0.2) is 23.5 Å². The fourth-order valence-corrected chi connectivity index (χ4v) is 6.09. The highest BCUT2D eigenvalue weighted by atomic mass is 16.7. The molecule has 4 unspecified atom stereocenters. The van der Waals surface area contributed by atoms with Gasteiger partial charge in [0, 0.05) is 42.7 Å². The molecule has 2 aromatic carbocycles. The Hall–Kier alpha value is -3.43. The summed E-state index contributed by atoms with van der Waals surface area (Å²) in [4.78, 5) is 40.3. The highest BCUT2D eigenvalue weighted by molar-refractivity contribution is 6.31. The Bertz CT molecular complexity index is 1430. The van der Waals surface area contributed by atoms with Gasteiger partial charge < -0.3 is 50.2 Å². The Labute approximate surface area is 234 Å². The number of rotatable bonds is 6. The number of fused-ring (bicyclic) bond motifs is 3. The minimum absolute atomic E-state index is 0.0168. The van der Waals surface area contributed by atoms with Crippen LogP contribution in [0.15, 0.2) is 18.2 Å². The number of aliphatic hydroxyl groups excluding tert-OH is 2. The van der Waals surface area contributed by atoms with E-state index in [0.717, 1.165) is 7.11 Å². The fourth-order valence-electron chi connectivity index (χ4n) is 6.09. The summed E-state index contributed by atoms with van der Waals surface area (Å²) in [5.41, 5.74) is 1.66. The van der Waals surface area contributed by atoms with Crippen LogP contribution in [0.4, 0.5) is 0 Å². The van der Waals surface area contributed by atoms with Gasteiger partial charge in [0.05, 0.1) is 42.1 Å². The molecule has 3 aliphatic rings. The molecule has 7 N–H and O–H groups in total. The number of aromatic hydroxyl groups is 2. The molecule has 0 aromatic heterocycles. The molecule has 0 amide bonds. The number of Topliss-reactive ketones (excluding diaryl/α,β-unsaturated/α-hetero) is 1. The molecular formula is C28H31NO12. The second-order valence-corrected chi connectivity index (χ2v) is 10.4. The van der Waals surface area contributed by atoms with Gasteiger partial charge in [-0.2, -0.15) is 0 Å². The third-order valence-electron chi connectivity index (χ3n) is 8.14. The maximum atomic E-state index is 13.8. The van der Waals surface area contributed by atoms with Crippen LogP contribution in [-0.2, 0) is 19.0 Å². The van der Waals surface area contributed by atoms with Crippen molar-refractivity contribution in [3.63, 3.8) is 0 Å². The van der Waals surface area contributed by atoms with Crippen molar-refractivity contribution in [2.75, 3.05) is 20.8 Å². The average Bonchev–Trinajstić information content (AvgIpc) is 2.95. The van der Waals surface area contributed by atoms with Crippen LogP contribution in [-0.4, -0.2) is 93.8 Å². The zero-order chi connectivity index (χ0) is 30.0. The molecule has 5 rings (SSSR count). The van der Waals surface area contributed by atoms with E-state index in [1.54, 1.807) is 6.92 Å². The van der Waals surface area contributed by atoms with Gasteiger partial charge in [-0.05, 0) is 13.0 Å². The van der Waals surface area contributed by atoms with Gasteiger partial charge in [0.2, 0.25) is 5.78 Å². The number of carbonyl (C=O) groups excluding carboxylic acids is 3. The molecule has 2 aromatic rings. The summed E-state index contributed by atoms with van der Waals surface area (Å²) in [6.45, 7) is 0.463. The Balaban J connectivity index is 1.75. The van der Waals surface area contributed by atoms with E-state index in [-0.39, 0.29) is 34.4 Å². The predicted molar refractivity (Wildman–Crippen MR) is 138 cm³/mol. The molecule has 2 aliphatic carbocycles. The van der Waals surface area contributed by atoms with Crippen LogP contribution >= 0.6 is 0 Å². The van der Waals surface area contributed by atoms with Crippen LogP contribution in [0.1, 0.15) is 74.9 Å². The monoisotopic (exact) mass is 573 g/mol. The fraction of sp³-hybridized carbons (Fsp3) is 0.464. The summed E-state index contributed by atoms with van der Waals surface area (Å²) in [5.74, 6) is -4.18. The largest absolute Gasteiger partial charge is 0.507 e. The number of ketones is 3. The number of ether oxygens (including phenoxy) is 4. The molecule has 0 radical (unpaired) electrons. The SMILES string of the molecule is COc1cccc2c1C(=O)c1c(O)c3c(c(O)c1C2=O)[C@@H](OC)[C@@](O)(C(=O)CO)C[C@@H]3OC1CC(N)C(O)C(C)O1. The van der Waals surface area contributed by atoms with Crippen molar-refractivity contribution in [2.45, 2.75) is 62.1 Å². The van der Waals surface area contributed by atoms with Gasteiger partial charge in [-0.3, -0.25) is 14.4 Å². The Kier molecular flexibility index (Phi) is 7.40. The number of methoxy groups -OCH3 is 2. The molecule has 1 fully saturated rings. The van der Waals surface area contributed by atoms with Crippen molar-refractivity contribution < 1.29 is 58.9 Å². The van der Waals surface area contributed by atoms with E-state index < -0.39 is 95.4 Å². The first kappa shape index (κ1) is 29.1. The number of hydrogen-bond acceptors (Lipinski definition) is 13. The van der Waals surface area contributed by atoms with Crippen molar-refractivity contribution in [2.24, 2.45) is 5.73 Å². The molecule has 220 valence electrons. The van der Waals surface area contributed by atoms with E-state index in [9.17, 15) is 39.9 Å². The second-order valence-electron chi connectivity index (χ2n) is 10.4. The lowest BCUT2D eigenvalue weighted by molar-refractivity contribution is -0.252. The van der Waals surface area contributed by atoms with Gasteiger partial charge in [-0.25, -0.2) is 0 Å². The summed E-state index contributed by atoms with van der Waals surface area (Å²) >= 11 is 0. The van der Waals surface area contributed by atoms with Gasteiger partial charge in [-0.1, -0.05) is 12.1 Å². The third kappa shape index (κ3) is 4.24. The van der Waals surface area contributed by atoms with E-state index in [4.69, 9.17) is 24.7 Å². The Morgan fingerprint density at radius 3 is 2.37 bits per heavy atom. The minimum Gasteiger partial charge on any atom is -0.507 e. The van der Waals surface area contributed by atoms with Gasteiger partial charge in [0.1, 0.15) is 30.0 Å². The summed E-state index contributed by atoms with van der Waals surface area (Å²) in [6.07, 6.45) is -6.60. The van der Waals surface area contributed by atoms with Crippen LogP contribution in [0.2, 0.25) is 0 Å². The van der Waals surface area contributed by atoms with Gasteiger partial charge in [0.25, 0.3) is 0 Å². The van der Waals surface area contributed by atoms with Gasteiger partial charge in [-0.15, -0.1) is 0 Å². The Morgan fingerprint density at radius 1 is 1.10 bits per heavy atom. The molecule has 13 nitrogen and oxygen atoms in total. The van der Waals surface area contributed by atoms with E-state index in [0.29, 0.717) is 0 Å². The molecule has 0 saturated carbocycles. The topological polar surface area (TPSA) is 215 Å². The van der Waals surface area contributed by atoms with E-state index in [1.807, 2.05) is 0 Å². The van der Waals surface area contributed by atoms with Crippen LogP contribution in [0.3, 0.4) is 0 Å². The number of phenolic OH excluding ortho intramolecular Hbond substituents is 2. The van der Waals surface area contributed by atoms with Crippen molar-refractivity contribution >= 4 is 17.3 Å². The maximum absolute atomic E-state index is 13.8. The molecule has 0 bridgehead atoms. The lowest BCUT2D eigenvalue weighted by atomic mass is 9.70. The molecule has 41 heavy (non-hydrogen) atoms. The molecule has 1 heterocycles. The number of hydrogen-bond donors (Lipinski definition) is 6. The Morgan fingerprint density at radius 2 is 1.76 bits per heavy atom. The number of benzene rings is 2. The highest BCUT2D eigenvalue weighted by Crippen LogP contribution is 2.56. The minimum atomic E-state index is -2.50. The van der Waals surface area contributed by atoms with Crippen molar-refractivity contribution in [1.29, 1.82) is 0 Å². The van der Waals surface area contributed by atoms with Crippen LogP contribution in [0, 0.1) is 0 Å². The summed E-state index contributed by atoms with van der Waals surface area (Å²) < 4.78 is 22.5. The quantitative estimate of drug-likeness (QED) is 0.217. The van der Waals surface area contributed by atoms with E-state index >= 15 is 0 Å². The van der Waals surface area contributed by atoms with E-state index in [1.165, 1.54) is 25.3 Å². The number of nitrogens with two attached hydrogens (primary N) is 1. The smallest absolute Gasteiger partial charge is 0.202 e. The standard InChI is InChI=1S/C28H31NO12/c1-10-22(32)12(29)7-16(40-10)41-14-8-28(37,15(31)9-30)27(39-3)21-18(14)25(35)20-19(26(21)36)23(33)11-5-4-6-13(38-2)17(11)24(20)34/h4-6,10,12,14,16,22,27,30,32,35-37H,7-9,29H2,1-3H3/t10?,12?,14-,16?,22?,27+,28-/m0/s1. The number of carbonyl (C=O) groups is 3.